The Labute approximate surface area is 126 Å². The van der Waals surface area contributed by atoms with Gasteiger partial charge in [-0.2, -0.15) is 0 Å². The van der Waals surface area contributed by atoms with Gasteiger partial charge in [0.1, 0.15) is 23.1 Å². The average Bonchev–Trinajstić information content (AvgIpc) is 2.94. The first-order valence-electron chi connectivity index (χ1n) is 7.11. The highest BCUT2D eigenvalue weighted by Crippen LogP contribution is 2.27. The predicted octanol–water partition coefficient (Wildman–Crippen LogP) is 2.71. The van der Waals surface area contributed by atoms with Crippen LogP contribution in [0.5, 0.6) is 0 Å². The van der Waals surface area contributed by atoms with Gasteiger partial charge in [-0.15, -0.1) is 0 Å². The summed E-state index contributed by atoms with van der Waals surface area (Å²) in [5, 5.41) is 6.63. The number of ether oxygens (including phenoxy) is 1. The first-order valence-corrected chi connectivity index (χ1v) is 7.11. The lowest BCUT2D eigenvalue weighted by Gasteiger charge is -2.29. The Morgan fingerprint density at radius 2 is 1.95 bits per heavy atom. The zero-order valence-electron chi connectivity index (χ0n) is 12.2. The van der Waals surface area contributed by atoms with Crippen LogP contribution in [0.1, 0.15) is 11.5 Å². The van der Waals surface area contributed by atoms with Crippen LogP contribution in [0.15, 0.2) is 22.7 Å². The fourth-order valence-corrected chi connectivity index (χ4v) is 2.41. The Balaban J connectivity index is 1.74. The minimum Gasteiger partial charge on any atom is -0.378 e. The third-order valence-electron chi connectivity index (χ3n) is 3.52. The second-order valence-electron chi connectivity index (χ2n) is 5.17. The van der Waals surface area contributed by atoms with Crippen molar-refractivity contribution in [2.75, 3.05) is 36.5 Å². The number of aryl methyl sites for hydroxylation is 1. The van der Waals surface area contributed by atoms with Crippen LogP contribution < -0.4 is 10.2 Å². The summed E-state index contributed by atoms with van der Waals surface area (Å²) in [6.07, 6.45) is 0. The lowest BCUT2D eigenvalue weighted by molar-refractivity contribution is 0.122. The molecular formula is C15H17F2N3O2. The van der Waals surface area contributed by atoms with E-state index >= 15 is 0 Å². The lowest BCUT2D eigenvalue weighted by atomic mass is 10.2. The molecule has 0 aliphatic carbocycles. The van der Waals surface area contributed by atoms with Crippen LogP contribution in [0.25, 0.3) is 0 Å². The summed E-state index contributed by atoms with van der Waals surface area (Å²) in [4.78, 5) is 1.78. The molecule has 0 unspecified atom stereocenters. The molecule has 3 rings (SSSR count). The Morgan fingerprint density at radius 3 is 2.64 bits per heavy atom. The molecule has 1 fully saturated rings. The minimum atomic E-state index is -0.497. The van der Waals surface area contributed by atoms with Crippen LogP contribution >= 0.6 is 0 Å². The fourth-order valence-electron chi connectivity index (χ4n) is 2.41. The van der Waals surface area contributed by atoms with E-state index in [9.17, 15) is 8.78 Å². The largest absolute Gasteiger partial charge is 0.378 e. The third kappa shape index (κ3) is 3.19. The SMILES string of the molecule is Cc1cc(CNc2cc(F)c(N3CCOCC3)cc2F)no1. The first-order chi connectivity index (χ1) is 10.6. The van der Waals surface area contributed by atoms with Crippen molar-refractivity contribution >= 4 is 11.4 Å². The molecule has 0 saturated carbocycles. The van der Waals surface area contributed by atoms with Gasteiger partial charge in [-0.1, -0.05) is 5.16 Å². The number of morpholine rings is 1. The number of hydrogen-bond acceptors (Lipinski definition) is 5. The van der Waals surface area contributed by atoms with E-state index in [0.717, 1.165) is 0 Å². The molecule has 1 aliphatic rings. The monoisotopic (exact) mass is 309 g/mol. The van der Waals surface area contributed by atoms with Gasteiger partial charge >= 0.3 is 0 Å². The highest BCUT2D eigenvalue weighted by atomic mass is 19.1. The summed E-state index contributed by atoms with van der Waals surface area (Å²) >= 11 is 0. The minimum absolute atomic E-state index is 0.107. The molecule has 0 bridgehead atoms. The molecule has 1 aromatic carbocycles. The van der Waals surface area contributed by atoms with Gasteiger partial charge in [0.25, 0.3) is 0 Å². The number of benzene rings is 1. The van der Waals surface area contributed by atoms with Gasteiger partial charge in [0.15, 0.2) is 0 Å². The van der Waals surface area contributed by atoms with Crippen molar-refractivity contribution in [1.82, 2.24) is 5.16 Å². The van der Waals surface area contributed by atoms with E-state index in [0.29, 0.717) is 37.8 Å². The molecular weight excluding hydrogens is 292 g/mol. The summed E-state index contributed by atoms with van der Waals surface area (Å²) in [6, 6.07) is 4.13. The highest BCUT2D eigenvalue weighted by Gasteiger charge is 2.18. The van der Waals surface area contributed by atoms with Crippen LogP contribution in [0, 0.1) is 18.6 Å². The van der Waals surface area contributed by atoms with E-state index in [1.54, 1.807) is 17.9 Å². The molecule has 22 heavy (non-hydrogen) atoms. The molecule has 0 amide bonds. The van der Waals surface area contributed by atoms with Crippen molar-refractivity contribution in [3.63, 3.8) is 0 Å². The molecule has 1 saturated heterocycles. The van der Waals surface area contributed by atoms with Crippen molar-refractivity contribution < 1.29 is 18.0 Å². The van der Waals surface area contributed by atoms with E-state index < -0.39 is 11.6 Å². The molecule has 0 spiro atoms. The first kappa shape index (κ1) is 14.8. The quantitative estimate of drug-likeness (QED) is 0.941. The molecule has 0 radical (unpaired) electrons. The van der Waals surface area contributed by atoms with Crippen LogP contribution in [0.4, 0.5) is 20.2 Å². The maximum Gasteiger partial charge on any atom is 0.148 e. The molecule has 1 aliphatic heterocycles. The van der Waals surface area contributed by atoms with E-state index in [-0.39, 0.29) is 17.9 Å². The van der Waals surface area contributed by atoms with E-state index in [2.05, 4.69) is 10.5 Å². The Hall–Kier alpha value is -2.15. The maximum absolute atomic E-state index is 14.2. The topological polar surface area (TPSA) is 50.5 Å². The second-order valence-corrected chi connectivity index (χ2v) is 5.17. The number of aromatic nitrogens is 1. The maximum atomic E-state index is 14.2. The standard InChI is InChI=1S/C15H17F2N3O2/c1-10-6-11(19-22-10)9-18-14-7-13(17)15(8-12(14)16)20-2-4-21-5-3-20/h6-8,18H,2-5,9H2,1H3. The number of rotatable bonds is 4. The summed E-state index contributed by atoms with van der Waals surface area (Å²) < 4.78 is 38.5. The zero-order chi connectivity index (χ0) is 15.5. The third-order valence-corrected chi connectivity index (χ3v) is 3.52. The van der Waals surface area contributed by atoms with Crippen molar-refractivity contribution in [3.05, 3.63) is 41.3 Å². The molecule has 1 aromatic heterocycles. The number of anilines is 2. The zero-order valence-corrected chi connectivity index (χ0v) is 12.2. The van der Waals surface area contributed by atoms with Gasteiger partial charge in [-0.05, 0) is 6.92 Å². The Kier molecular flexibility index (Phi) is 4.24. The number of hydrogen-bond donors (Lipinski definition) is 1. The van der Waals surface area contributed by atoms with E-state index in [1.807, 2.05) is 0 Å². The molecule has 2 aromatic rings. The Morgan fingerprint density at radius 1 is 1.18 bits per heavy atom. The van der Waals surface area contributed by atoms with E-state index in [1.165, 1.54) is 12.1 Å². The van der Waals surface area contributed by atoms with Gasteiger partial charge in [-0.25, -0.2) is 8.78 Å². The smallest absolute Gasteiger partial charge is 0.148 e. The van der Waals surface area contributed by atoms with Gasteiger partial charge in [0.2, 0.25) is 0 Å². The molecule has 7 heteroatoms. The van der Waals surface area contributed by atoms with Crippen LogP contribution in [-0.4, -0.2) is 31.5 Å². The van der Waals surface area contributed by atoms with Gasteiger partial charge in [0, 0.05) is 31.3 Å². The molecule has 1 N–H and O–H groups in total. The number of nitrogens with one attached hydrogen (secondary N) is 1. The lowest BCUT2D eigenvalue weighted by Crippen LogP contribution is -2.36. The fraction of sp³-hybridized carbons (Fsp3) is 0.400. The Bertz CT molecular complexity index is 654. The molecule has 2 heterocycles. The van der Waals surface area contributed by atoms with Crippen molar-refractivity contribution in [3.8, 4) is 0 Å². The van der Waals surface area contributed by atoms with Gasteiger partial charge in [0.05, 0.1) is 31.1 Å². The summed E-state index contributed by atoms with van der Waals surface area (Å²) in [5.41, 5.74) is 1.01. The number of nitrogens with zero attached hydrogens (tertiary/aromatic N) is 2. The molecule has 118 valence electrons. The number of halogens is 2. The van der Waals surface area contributed by atoms with E-state index in [4.69, 9.17) is 9.26 Å². The summed E-state index contributed by atoms with van der Waals surface area (Å²) in [5.74, 6) is -0.281. The van der Waals surface area contributed by atoms with Crippen LogP contribution in [0.3, 0.4) is 0 Å². The van der Waals surface area contributed by atoms with Gasteiger partial charge < -0.3 is 19.5 Å². The predicted molar refractivity (Wildman–Crippen MR) is 78.0 cm³/mol. The van der Waals surface area contributed by atoms with Crippen LogP contribution in [-0.2, 0) is 11.3 Å². The van der Waals surface area contributed by atoms with Crippen molar-refractivity contribution in [1.29, 1.82) is 0 Å². The molecule has 0 atom stereocenters. The van der Waals surface area contributed by atoms with Gasteiger partial charge in [-0.3, -0.25) is 0 Å². The molecule has 5 nitrogen and oxygen atoms in total. The second kappa shape index (κ2) is 6.31. The average molecular weight is 309 g/mol. The van der Waals surface area contributed by atoms with Crippen LogP contribution in [0.2, 0.25) is 0 Å². The summed E-state index contributed by atoms with van der Waals surface area (Å²) in [6.45, 7) is 4.19. The van der Waals surface area contributed by atoms with Crippen molar-refractivity contribution in [2.45, 2.75) is 13.5 Å². The highest BCUT2D eigenvalue weighted by molar-refractivity contribution is 5.57. The summed E-state index contributed by atoms with van der Waals surface area (Å²) in [7, 11) is 0. The van der Waals surface area contributed by atoms with Crippen molar-refractivity contribution in [2.24, 2.45) is 0 Å². The normalized spacial score (nSPS) is 15.1.